The number of ether oxygens (including phenoxy) is 1. The Kier molecular flexibility index (Phi) is 4.92. The van der Waals surface area contributed by atoms with Gasteiger partial charge in [-0.15, -0.1) is 21.6 Å². The quantitative estimate of drug-likeness (QED) is 0.606. The molecule has 3 fully saturated rings. The van der Waals surface area contributed by atoms with Gasteiger partial charge in [0.05, 0.1) is 19.5 Å². The summed E-state index contributed by atoms with van der Waals surface area (Å²) in [7, 11) is 1.60. The second-order valence-corrected chi connectivity index (χ2v) is 8.06. The number of aromatic nitrogens is 3. The number of benzene rings is 1. The standard InChI is InChI=1S/C19H27ClN6O/c1-15-3-5-16(6-4-15)21-17-22-18(24-19(23-17)27-2)26-12-9-25(8-7-20,10-13-26)11-14-26/h3-6H,7-14H2,1-2H3,(H,21,22,23,24)/q+2. The second kappa shape index (κ2) is 7.22. The lowest BCUT2D eigenvalue weighted by Gasteiger charge is -2.53. The Balaban J connectivity index is 1.61. The molecular weight excluding hydrogens is 364 g/mol. The zero-order chi connectivity index (χ0) is 18.9. The van der Waals surface area contributed by atoms with Crippen LogP contribution in [0.1, 0.15) is 5.56 Å². The van der Waals surface area contributed by atoms with Crippen molar-refractivity contribution < 1.29 is 9.22 Å². The number of piperazine rings is 3. The van der Waals surface area contributed by atoms with Crippen molar-refractivity contribution in [3.05, 3.63) is 29.8 Å². The Morgan fingerprint density at radius 1 is 1.00 bits per heavy atom. The Hall–Kier alpha value is -1.96. The molecule has 0 amide bonds. The molecule has 1 aromatic heterocycles. The molecule has 0 radical (unpaired) electrons. The number of alkyl halides is 1. The summed E-state index contributed by atoms with van der Waals surface area (Å²) >= 11 is 6.04. The maximum Gasteiger partial charge on any atom is 0.337 e. The van der Waals surface area contributed by atoms with Gasteiger partial charge in [-0.05, 0) is 19.1 Å². The molecule has 27 heavy (non-hydrogen) atoms. The van der Waals surface area contributed by atoms with Crippen molar-refractivity contribution in [3.8, 4) is 6.01 Å². The maximum atomic E-state index is 6.04. The van der Waals surface area contributed by atoms with Crippen LogP contribution in [0.3, 0.4) is 0 Å². The predicted molar refractivity (Wildman–Crippen MR) is 108 cm³/mol. The third kappa shape index (κ3) is 3.59. The molecule has 2 aromatic rings. The van der Waals surface area contributed by atoms with E-state index in [-0.39, 0.29) is 0 Å². The molecule has 0 unspecified atom stereocenters. The largest absolute Gasteiger partial charge is 0.467 e. The van der Waals surface area contributed by atoms with Gasteiger partial charge in [-0.1, -0.05) is 17.7 Å². The monoisotopic (exact) mass is 390 g/mol. The summed E-state index contributed by atoms with van der Waals surface area (Å²) < 4.78 is 7.32. The molecule has 8 heteroatoms. The first-order valence-electron chi connectivity index (χ1n) is 9.48. The lowest BCUT2D eigenvalue weighted by Crippen LogP contribution is -2.76. The van der Waals surface area contributed by atoms with E-state index >= 15 is 0 Å². The van der Waals surface area contributed by atoms with E-state index in [1.54, 1.807) is 7.11 Å². The summed E-state index contributed by atoms with van der Waals surface area (Å²) in [5, 5.41) is 3.29. The van der Waals surface area contributed by atoms with Gasteiger partial charge in [-0.2, -0.15) is 4.98 Å². The molecule has 0 saturated carbocycles. The van der Waals surface area contributed by atoms with Gasteiger partial charge in [0.2, 0.25) is 5.95 Å². The van der Waals surface area contributed by atoms with E-state index in [1.165, 1.54) is 5.56 Å². The first kappa shape index (κ1) is 18.4. The zero-order valence-electron chi connectivity index (χ0n) is 16.0. The highest BCUT2D eigenvalue weighted by Crippen LogP contribution is 2.32. The molecule has 0 spiro atoms. The topological polar surface area (TPSA) is 59.9 Å². The van der Waals surface area contributed by atoms with Crippen molar-refractivity contribution in [1.82, 2.24) is 19.4 Å². The lowest BCUT2D eigenvalue weighted by molar-refractivity contribution is -0.938. The van der Waals surface area contributed by atoms with Gasteiger partial charge >= 0.3 is 12.0 Å². The number of hydrogen-bond acceptors (Lipinski definition) is 5. The average Bonchev–Trinajstić information content (AvgIpc) is 2.71. The molecular formula is C19H27ClN6O+2. The zero-order valence-corrected chi connectivity index (χ0v) is 16.7. The minimum Gasteiger partial charge on any atom is -0.467 e. The van der Waals surface area contributed by atoms with Gasteiger partial charge in [-0.25, -0.2) is 4.48 Å². The van der Waals surface area contributed by atoms with E-state index in [0.717, 1.165) is 72.3 Å². The number of anilines is 2. The van der Waals surface area contributed by atoms with E-state index in [4.69, 9.17) is 21.3 Å². The van der Waals surface area contributed by atoms with Gasteiger partial charge < -0.3 is 14.5 Å². The maximum absolute atomic E-state index is 6.04. The highest BCUT2D eigenvalue weighted by molar-refractivity contribution is 6.17. The Morgan fingerprint density at radius 2 is 1.67 bits per heavy atom. The first-order chi connectivity index (χ1) is 13.1. The van der Waals surface area contributed by atoms with E-state index in [1.807, 2.05) is 12.1 Å². The summed E-state index contributed by atoms with van der Waals surface area (Å²) in [5.41, 5.74) is 2.17. The molecule has 3 aliphatic heterocycles. The number of halogens is 1. The molecule has 3 saturated heterocycles. The van der Waals surface area contributed by atoms with Gasteiger partial charge in [0.25, 0.3) is 0 Å². The molecule has 1 N–H and O–H groups in total. The van der Waals surface area contributed by atoms with Gasteiger partial charge in [0, 0.05) is 5.69 Å². The average molecular weight is 391 g/mol. The Labute approximate surface area is 165 Å². The summed E-state index contributed by atoms with van der Waals surface area (Å²) in [6.07, 6.45) is 0. The fraction of sp³-hybridized carbons (Fsp3) is 0.526. The second-order valence-electron chi connectivity index (χ2n) is 7.68. The molecule has 3 aliphatic rings. The number of nitrogens with one attached hydrogen (secondary N) is 1. The minimum atomic E-state index is 0.361. The van der Waals surface area contributed by atoms with E-state index in [9.17, 15) is 0 Å². The van der Waals surface area contributed by atoms with Crippen LogP contribution in [0.25, 0.3) is 0 Å². The van der Waals surface area contributed by atoms with Crippen molar-refractivity contribution in [2.45, 2.75) is 6.92 Å². The van der Waals surface area contributed by atoms with Crippen LogP contribution in [0.4, 0.5) is 17.6 Å². The molecule has 2 bridgehead atoms. The van der Waals surface area contributed by atoms with Gasteiger partial charge in [-0.3, -0.25) is 0 Å². The fourth-order valence-electron chi connectivity index (χ4n) is 4.17. The van der Waals surface area contributed by atoms with Gasteiger partial charge in [0.1, 0.15) is 39.3 Å². The number of rotatable bonds is 6. The van der Waals surface area contributed by atoms with E-state index < -0.39 is 0 Å². The summed E-state index contributed by atoms with van der Waals surface area (Å²) in [6.45, 7) is 9.61. The predicted octanol–water partition coefficient (Wildman–Crippen LogP) is 2.32. The van der Waals surface area contributed by atoms with Crippen molar-refractivity contribution >= 4 is 29.2 Å². The van der Waals surface area contributed by atoms with Crippen molar-refractivity contribution in [3.63, 3.8) is 0 Å². The number of quaternary nitrogens is 2. The normalized spacial score (nSPS) is 26.8. The van der Waals surface area contributed by atoms with Crippen LogP contribution in [0.5, 0.6) is 6.01 Å². The smallest absolute Gasteiger partial charge is 0.337 e. The van der Waals surface area contributed by atoms with Crippen LogP contribution in [-0.4, -0.2) is 78.2 Å². The number of nitrogens with zero attached hydrogens (tertiary/aromatic N) is 5. The minimum absolute atomic E-state index is 0.361. The van der Waals surface area contributed by atoms with E-state index in [2.05, 4.69) is 34.3 Å². The number of aryl methyl sites for hydroxylation is 1. The van der Waals surface area contributed by atoms with Crippen molar-refractivity contribution in [2.24, 2.45) is 0 Å². The van der Waals surface area contributed by atoms with Crippen LogP contribution in [0.2, 0.25) is 0 Å². The highest BCUT2D eigenvalue weighted by atomic mass is 35.5. The molecule has 1 aromatic carbocycles. The van der Waals surface area contributed by atoms with Crippen LogP contribution in [-0.2, 0) is 0 Å². The molecule has 7 nitrogen and oxygen atoms in total. The fourth-order valence-corrected chi connectivity index (χ4v) is 4.53. The number of fused-ring (bicyclic) bond motifs is 3. The number of hydrogen-bond donors (Lipinski definition) is 1. The highest BCUT2D eigenvalue weighted by Gasteiger charge is 2.51. The number of methoxy groups -OCH3 is 1. The van der Waals surface area contributed by atoms with E-state index in [0.29, 0.717) is 12.0 Å². The molecule has 0 atom stereocenters. The van der Waals surface area contributed by atoms with Gasteiger partial charge in [0.15, 0.2) is 0 Å². The van der Waals surface area contributed by atoms with Crippen molar-refractivity contribution in [1.29, 1.82) is 0 Å². The summed E-state index contributed by atoms with van der Waals surface area (Å²) in [5.74, 6) is 2.06. The molecule has 144 valence electrons. The Bertz CT molecular complexity index is 788. The van der Waals surface area contributed by atoms with Crippen LogP contribution >= 0.6 is 11.6 Å². The Morgan fingerprint density at radius 3 is 2.26 bits per heavy atom. The third-order valence-corrected chi connectivity index (χ3v) is 6.25. The molecule has 0 aliphatic carbocycles. The summed E-state index contributed by atoms with van der Waals surface area (Å²) in [6, 6.07) is 8.54. The SMILES string of the molecule is COc1nc(Nc2ccc(C)cc2)nc([N+]23CC[N+](CCCl)(CC2)CC3)n1. The van der Waals surface area contributed by atoms with Crippen molar-refractivity contribution in [2.75, 3.05) is 64.1 Å². The lowest BCUT2D eigenvalue weighted by atomic mass is 10.1. The van der Waals surface area contributed by atoms with Crippen LogP contribution in [0.15, 0.2) is 24.3 Å². The van der Waals surface area contributed by atoms with Crippen LogP contribution < -0.4 is 14.5 Å². The third-order valence-electron chi connectivity index (χ3n) is 6.08. The molecule has 5 rings (SSSR count). The van der Waals surface area contributed by atoms with Crippen LogP contribution in [0, 0.1) is 6.92 Å². The molecule has 4 heterocycles. The summed E-state index contributed by atoms with van der Waals surface area (Å²) in [4.78, 5) is 13.8. The first-order valence-corrected chi connectivity index (χ1v) is 10.0.